The van der Waals surface area contributed by atoms with E-state index in [2.05, 4.69) is 72.2 Å². The molecule has 146 valence electrons. The van der Waals surface area contributed by atoms with Crippen LogP contribution in [0, 0.1) is 0 Å². The molecule has 0 saturated carbocycles. The molecule has 1 amide bonds. The number of rotatable bonds is 7. The largest absolute Gasteiger partial charge is 0.343 e. The molecule has 0 aliphatic heterocycles. The summed E-state index contributed by atoms with van der Waals surface area (Å²) in [4.78, 5) is 13.9. The highest BCUT2D eigenvalue weighted by Crippen LogP contribution is 2.26. The van der Waals surface area contributed by atoms with Crippen LogP contribution in [0.15, 0.2) is 90.3 Å². The molecule has 4 aromatic rings. The molecule has 29 heavy (non-hydrogen) atoms. The van der Waals surface area contributed by atoms with E-state index in [4.69, 9.17) is 0 Å². The Hall–Kier alpha value is -2.95. The van der Waals surface area contributed by atoms with Gasteiger partial charge in [0.1, 0.15) is 0 Å². The minimum absolute atomic E-state index is 0.0145. The third kappa shape index (κ3) is 4.56. The van der Waals surface area contributed by atoms with Crippen LogP contribution in [0.5, 0.6) is 0 Å². The van der Waals surface area contributed by atoms with Gasteiger partial charge >= 0.3 is 0 Å². The quantitative estimate of drug-likeness (QED) is 0.433. The van der Waals surface area contributed by atoms with E-state index in [1.165, 1.54) is 16.3 Å². The molecule has 0 radical (unpaired) electrons. The lowest BCUT2D eigenvalue weighted by molar-refractivity contribution is -0.120. The summed E-state index contributed by atoms with van der Waals surface area (Å²) in [7, 11) is 0. The molecule has 2 atom stereocenters. The summed E-state index contributed by atoms with van der Waals surface area (Å²) in [6.45, 7) is 2.36. The van der Waals surface area contributed by atoms with Gasteiger partial charge < -0.3 is 10.6 Å². The number of nitrogens with one attached hydrogen (secondary N) is 2. The number of thiophene rings is 1. The molecule has 1 aromatic heterocycles. The fourth-order valence-electron chi connectivity index (χ4n) is 3.62. The van der Waals surface area contributed by atoms with Crippen molar-refractivity contribution in [3.63, 3.8) is 0 Å². The van der Waals surface area contributed by atoms with E-state index in [0.717, 1.165) is 10.4 Å². The number of carbonyl (C=O) groups excluding carboxylic acids is 1. The van der Waals surface area contributed by atoms with Gasteiger partial charge in [0, 0.05) is 10.9 Å². The molecular weight excluding hydrogens is 376 g/mol. The SMILES string of the molecule is C[C@H](NCC(=O)N[C@H](c1ccccc1)c1cccs1)c1cccc2ccccc12. The zero-order chi connectivity index (χ0) is 20.1. The maximum atomic E-state index is 12.8. The second-order valence-electron chi connectivity index (χ2n) is 7.10. The van der Waals surface area contributed by atoms with Gasteiger partial charge in [-0.3, -0.25) is 4.79 Å². The van der Waals surface area contributed by atoms with Crippen molar-refractivity contribution in [2.45, 2.75) is 19.0 Å². The Kier molecular flexibility index (Phi) is 6.03. The third-order valence-electron chi connectivity index (χ3n) is 5.12. The number of amides is 1. The maximum absolute atomic E-state index is 12.8. The summed E-state index contributed by atoms with van der Waals surface area (Å²) in [6, 6.07) is 28.8. The Morgan fingerprint density at radius 1 is 0.897 bits per heavy atom. The van der Waals surface area contributed by atoms with Gasteiger partial charge in [0.05, 0.1) is 12.6 Å². The van der Waals surface area contributed by atoms with E-state index in [0.29, 0.717) is 0 Å². The van der Waals surface area contributed by atoms with Gasteiger partial charge in [0.15, 0.2) is 0 Å². The van der Waals surface area contributed by atoms with Crippen LogP contribution in [0.1, 0.15) is 35.0 Å². The van der Waals surface area contributed by atoms with Crippen LogP contribution in [0.4, 0.5) is 0 Å². The molecule has 2 N–H and O–H groups in total. The van der Waals surface area contributed by atoms with Crippen molar-refractivity contribution >= 4 is 28.0 Å². The van der Waals surface area contributed by atoms with Crippen molar-refractivity contribution in [3.05, 3.63) is 106 Å². The minimum Gasteiger partial charge on any atom is -0.343 e. The zero-order valence-corrected chi connectivity index (χ0v) is 17.2. The van der Waals surface area contributed by atoms with Crippen LogP contribution in [-0.4, -0.2) is 12.5 Å². The fourth-order valence-corrected chi connectivity index (χ4v) is 4.42. The minimum atomic E-state index is -0.127. The van der Waals surface area contributed by atoms with Crippen molar-refractivity contribution in [1.82, 2.24) is 10.6 Å². The van der Waals surface area contributed by atoms with Crippen LogP contribution in [0.25, 0.3) is 10.8 Å². The van der Waals surface area contributed by atoms with E-state index >= 15 is 0 Å². The summed E-state index contributed by atoms with van der Waals surface area (Å²) in [6.07, 6.45) is 0. The molecule has 3 aromatic carbocycles. The van der Waals surface area contributed by atoms with E-state index in [1.54, 1.807) is 11.3 Å². The highest BCUT2D eigenvalue weighted by atomic mass is 32.1. The van der Waals surface area contributed by atoms with Crippen LogP contribution in [0.3, 0.4) is 0 Å². The van der Waals surface area contributed by atoms with Gasteiger partial charge in [-0.05, 0) is 40.3 Å². The normalized spacial score (nSPS) is 13.1. The highest BCUT2D eigenvalue weighted by molar-refractivity contribution is 7.10. The molecule has 1 heterocycles. The second-order valence-corrected chi connectivity index (χ2v) is 8.08. The van der Waals surface area contributed by atoms with Gasteiger partial charge in [0.2, 0.25) is 5.91 Å². The highest BCUT2D eigenvalue weighted by Gasteiger charge is 2.18. The van der Waals surface area contributed by atoms with E-state index in [1.807, 2.05) is 35.7 Å². The molecule has 0 fully saturated rings. The summed E-state index contributed by atoms with van der Waals surface area (Å²) in [5.41, 5.74) is 2.29. The van der Waals surface area contributed by atoms with Crippen molar-refractivity contribution in [1.29, 1.82) is 0 Å². The van der Waals surface area contributed by atoms with E-state index in [-0.39, 0.29) is 24.5 Å². The molecule has 0 bridgehead atoms. The summed E-state index contributed by atoms with van der Waals surface area (Å²) >= 11 is 1.66. The van der Waals surface area contributed by atoms with E-state index < -0.39 is 0 Å². The Morgan fingerprint density at radius 3 is 2.45 bits per heavy atom. The lowest BCUT2D eigenvalue weighted by atomic mass is 10.00. The summed E-state index contributed by atoms with van der Waals surface area (Å²) < 4.78 is 0. The van der Waals surface area contributed by atoms with Crippen LogP contribution in [-0.2, 0) is 4.79 Å². The molecule has 0 aliphatic carbocycles. The number of hydrogen-bond acceptors (Lipinski definition) is 3. The van der Waals surface area contributed by atoms with Gasteiger partial charge in [-0.1, -0.05) is 78.9 Å². The number of fused-ring (bicyclic) bond motifs is 1. The molecule has 4 heteroatoms. The molecule has 0 aliphatic rings. The smallest absolute Gasteiger partial charge is 0.234 e. The predicted octanol–water partition coefficient (Wildman–Crippen LogP) is 5.46. The molecular formula is C25H24N2OS. The average Bonchev–Trinajstić information content (AvgIpc) is 3.30. The third-order valence-corrected chi connectivity index (χ3v) is 6.06. The lowest BCUT2D eigenvalue weighted by Gasteiger charge is -2.20. The standard InChI is InChI=1S/C25H24N2OS/c1-18(21-14-7-12-19-9-5-6-13-22(19)21)26-17-24(28)27-25(23-15-8-16-29-23)20-10-3-2-4-11-20/h2-16,18,25-26H,17H2,1H3,(H,27,28)/t18-,25+/m0/s1. The topological polar surface area (TPSA) is 41.1 Å². The molecule has 0 unspecified atom stereocenters. The fraction of sp³-hybridized carbons (Fsp3) is 0.160. The zero-order valence-electron chi connectivity index (χ0n) is 16.3. The maximum Gasteiger partial charge on any atom is 0.234 e. The van der Waals surface area contributed by atoms with Crippen molar-refractivity contribution in [2.24, 2.45) is 0 Å². The van der Waals surface area contributed by atoms with Crippen LogP contribution in [0.2, 0.25) is 0 Å². The summed E-state index contributed by atoms with van der Waals surface area (Å²) in [5, 5.41) is 11.0. The Morgan fingerprint density at radius 2 is 1.66 bits per heavy atom. The first-order chi connectivity index (χ1) is 14.2. The first-order valence-corrected chi connectivity index (χ1v) is 10.7. The Bertz CT molecular complexity index is 1070. The second kappa shape index (κ2) is 9.03. The Balaban J connectivity index is 1.45. The van der Waals surface area contributed by atoms with E-state index in [9.17, 15) is 4.79 Å². The number of carbonyl (C=O) groups is 1. The van der Waals surface area contributed by atoms with Crippen molar-refractivity contribution < 1.29 is 4.79 Å². The number of benzene rings is 3. The average molecular weight is 401 g/mol. The summed E-state index contributed by atoms with van der Waals surface area (Å²) in [5.74, 6) is -0.0145. The predicted molar refractivity (Wildman–Crippen MR) is 121 cm³/mol. The number of hydrogen-bond donors (Lipinski definition) is 2. The lowest BCUT2D eigenvalue weighted by Crippen LogP contribution is -2.37. The first-order valence-electron chi connectivity index (χ1n) is 9.81. The van der Waals surface area contributed by atoms with Gasteiger partial charge in [-0.15, -0.1) is 11.3 Å². The van der Waals surface area contributed by atoms with Gasteiger partial charge in [-0.2, -0.15) is 0 Å². The van der Waals surface area contributed by atoms with Crippen LogP contribution >= 0.6 is 11.3 Å². The van der Waals surface area contributed by atoms with Crippen LogP contribution < -0.4 is 10.6 Å². The molecule has 0 saturated heterocycles. The molecule has 4 rings (SSSR count). The van der Waals surface area contributed by atoms with Gasteiger partial charge in [0.25, 0.3) is 0 Å². The monoisotopic (exact) mass is 400 g/mol. The molecule has 0 spiro atoms. The first kappa shape index (κ1) is 19.4. The Labute approximate surface area is 175 Å². The van der Waals surface area contributed by atoms with Crippen molar-refractivity contribution in [3.8, 4) is 0 Å². The van der Waals surface area contributed by atoms with Gasteiger partial charge in [-0.25, -0.2) is 0 Å². The molecule has 3 nitrogen and oxygen atoms in total. The van der Waals surface area contributed by atoms with Crippen molar-refractivity contribution in [2.75, 3.05) is 6.54 Å².